The minimum Gasteiger partial charge on any atom is -0.370 e. The summed E-state index contributed by atoms with van der Waals surface area (Å²) in [6, 6.07) is 4.64. The molecule has 1 aliphatic carbocycles. The predicted molar refractivity (Wildman–Crippen MR) is 124 cm³/mol. The van der Waals surface area contributed by atoms with E-state index < -0.39 is 11.7 Å². The summed E-state index contributed by atoms with van der Waals surface area (Å²) in [4.78, 5) is 6.56. The Morgan fingerprint density at radius 2 is 1.81 bits per heavy atom. The van der Waals surface area contributed by atoms with Crippen molar-refractivity contribution in [3.63, 3.8) is 0 Å². The molecule has 1 aliphatic heterocycles. The van der Waals surface area contributed by atoms with E-state index in [0.717, 1.165) is 49.9 Å². The first-order valence-electron chi connectivity index (χ1n) is 11.6. The van der Waals surface area contributed by atoms with Gasteiger partial charge in [-0.2, -0.15) is 13.2 Å². The van der Waals surface area contributed by atoms with Gasteiger partial charge >= 0.3 is 6.18 Å². The molecule has 0 atom stereocenters. The third-order valence-electron chi connectivity index (χ3n) is 6.65. The summed E-state index contributed by atoms with van der Waals surface area (Å²) in [5.74, 6) is 0.620. The fourth-order valence-corrected chi connectivity index (χ4v) is 4.98. The van der Waals surface area contributed by atoms with Crippen molar-refractivity contribution in [2.24, 2.45) is 10.4 Å². The summed E-state index contributed by atoms with van der Waals surface area (Å²) in [5, 5.41) is 3.13. The van der Waals surface area contributed by atoms with Gasteiger partial charge in [-0.25, -0.2) is 4.99 Å². The molecule has 0 unspecified atom stereocenters. The Balaban J connectivity index is 1.87. The first-order chi connectivity index (χ1) is 14.6. The molecule has 172 valence electrons. The fourth-order valence-electron chi connectivity index (χ4n) is 4.98. The number of hydrogen-bond acceptors (Lipinski definition) is 3. The molecule has 0 aromatic heterocycles. The Bertz CT molecular complexity index is 829. The number of anilines is 2. The van der Waals surface area contributed by atoms with E-state index in [4.69, 9.17) is 0 Å². The molecule has 3 rings (SSSR count). The lowest BCUT2D eigenvalue weighted by atomic mass is 9.73. The topological polar surface area (TPSA) is 27.6 Å². The highest BCUT2D eigenvalue weighted by Gasteiger charge is 2.42. The van der Waals surface area contributed by atoms with Crippen molar-refractivity contribution in [2.75, 3.05) is 23.3 Å². The van der Waals surface area contributed by atoms with Gasteiger partial charge in [0, 0.05) is 30.2 Å². The quantitative estimate of drug-likeness (QED) is 0.462. The third-order valence-corrected chi connectivity index (χ3v) is 6.65. The lowest BCUT2D eigenvalue weighted by Crippen LogP contribution is -2.30. The van der Waals surface area contributed by atoms with Gasteiger partial charge in [0.15, 0.2) is 0 Å². The highest BCUT2D eigenvalue weighted by molar-refractivity contribution is 5.83. The van der Waals surface area contributed by atoms with Crippen molar-refractivity contribution >= 4 is 17.1 Å². The maximum absolute atomic E-state index is 14.0. The van der Waals surface area contributed by atoms with Gasteiger partial charge in [0.2, 0.25) is 0 Å². The first kappa shape index (κ1) is 23.7. The third kappa shape index (κ3) is 5.83. The molecule has 1 heterocycles. The Morgan fingerprint density at radius 1 is 1.10 bits per heavy atom. The Kier molecular flexibility index (Phi) is 7.38. The number of nitrogens with one attached hydrogen (secondary N) is 1. The molecular formula is C25H36F3N3. The highest BCUT2D eigenvalue weighted by atomic mass is 19.4. The van der Waals surface area contributed by atoms with Crippen LogP contribution in [-0.4, -0.2) is 18.8 Å². The molecule has 1 aromatic rings. The maximum atomic E-state index is 14.0. The van der Waals surface area contributed by atoms with Crippen molar-refractivity contribution in [1.29, 1.82) is 0 Å². The zero-order chi connectivity index (χ0) is 22.6. The smallest absolute Gasteiger partial charge is 0.370 e. The minimum absolute atomic E-state index is 0.207. The van der Waals surface area contributed by atoms with E-state index in [1.165, 1.54) is 25.3 Å². The fraction of sp³-hybridized carbons (Fsp3) is 0.640. The van der Waals surface area contributed by atoms with E-state index in [2.05, 4.69) is 17.2 Å². The van der Waals surface area contributed by atoms with Crippen molar-refractivity contribution in [3.8, 4) is 0 Å². The second-order valence-electron chi connectivity index (χ2n) is 9.53. The summed E-state index contributed by atoms with van der Waals surface area (Å²) in [6.07, 6.45) is 4.38. The zero-order valence-corrected chi connectivity index (χ0v) is 19.3. The number of hydrogen-bond donors (Lipinski definition) is 1. The van der Waals surface area contributed by atoms with E-state index in [-0.39, 0.29) is 5.41 Å². The lowest BCUT2D eigenvalue weighted by Gasteiger charge is -2.34. The second-order valence-corrected chi connectivity index (χ2v) is 9.53. The Labute approximate surface area is 184 Å². The number of benzene rings is 1. The van der Waals surface area contributed by atoms with Crippen molar-refractivity contribution in [3.05, 3.63) is 35.2 Å². The summed E-state index contributed by atoms with van der Waals surface area (Å²) in [6.45, 7) is 9.31. The molecular weight excluding hydrogens is 399 g/mol. The number of aliphatic imine (C=N–C) groups is 1. The van der Waals surface area contributed by atoms with Gasteiger partial charge in [0.25, 0.3) is 0 Å². The molecule has 1 saturated carbocycles. The number of alkyl halides is 3. The maximum Gasteiger partial charge on any atom is 0.418 e. The van der Waals surface area contributed by atoms with Crippen LogP contribution in [-0.2, 0) is 6.18 Å². The van der Waals surface area contributed by atoms with Crippen molar-refractivity contribution < 1.29 is 13.2 Å². The van der Waals surface area contributed by atoms with Crippen LogP contribution in [0.4, 0.5) is 24.5 Å². The molecule has 3 nitrogen and oxygen atoms in total. The van der Waals surface area contributed by atoms with E-state index in [0.29, 0.717) is 23.7 Å². The number of allylic oxidation sites excluding steroid dienone is 1. The van der Waals surface area contributed by atoms with Gasteiger partial charge in [0.1, 0.15) is 5.82 Å². The van der Waals surface area contributed by atoms with Crippen LogP contribution in [0, 0.1) is 5.41 Å². The van der Waals surface area contributed by atoms with E-state index in [1.807, 2.05) is 25.7 Å². The van der Waals surface area contributed by atoms with Crippen LogP contribution in [0.25, 0.3) is 0 Å². The number of rotatable bonds is 6. The molecule has 31 heavy (non-hydrogen) atoms. The predicted octanol–water partition coefficient (Wildman–Crippen LogP) is 7.79. The normalized spacial score (nSPS) is 19.1. The SMILES string of the molecule is CCC/C(C)=N\C(Nc1ccc(N2CCC3(CCCCC3)C2)c(C(F)(F)F)c1)=C(C)C. The van der Waals surface area contributed by atoms with Gasteiger partial charge in [-0.15, -0.1) is 0 Å². The van der Waals surface area contributed by atoms with Gasteiger partial charge in [-0.3, -0.25) is 0 Å². The summed E-state index contributed by atoms with van der Waals surface area (Å²) in [7, 11) is 0. The Hall–Kier alpha value is -1.98. The molecule has 1 spiro atoms. The van der Waals surface area contributed by atoms with Gasteiger partial charge in [0.05, 0.1) is 5.56 Å². The summed E-state index contributed by atoms with van der Waals surface area (Å²) >= 11 is 0. The van der Waals surface area contributed by atoms with E-state index in [1.54, 1.807) is 12.1 Å². The monoisotopic (exact) mass is 435 g/mol. The zero-order valence-electron chi connectivity index (χ0n) is 19.3. The number of halogens is 3. The van der Waals surface area contributed by atoms with Crippen LogP contribution < -0.4 is 10.2 Å². The first-order valence-corrected chi connectivity index (χ1v) is 11.6. The van der Waals surface area contributed by atoms with Crippen LogP contribution in [0.15, 0.2) is 34.6 Å². The average molecular weight is 436 g/mol. The van der Waals surface area contributed by atoms with Crippen LogP contribution in [0.5, 0.6) is 0 Å². The molecule has 0 bridgehead atoms. The van der Waals surface area contributed by atoms with Crippen LogP contribution in [0.3, 0.4) is 0 Å². The molecule has 2 aliphatic rings. The number of nitrogens with zero attached hydrogens (tertiary/aromatic N) is 2. The van der Waals surface area contributed by atoms with Crippen molar-refractivity contribution in [2.45, 2.75) is 85.2 Å². The molecule has 1 saturated heterocycles. The van der Waals surface area contributed by atoms with Crippen LogP contribution >= 0.6 is 0 Å². The van der Waals surface area contributed by atoms with Crippen molar-refractivity contribution in [1.82, 2.24) is 0 Å². The van der Waals surface area contributed by atoms with Gasteiger partial charge in [-0.1, -0.05) is 32.6 Å². The van der Waals surface area contributed by atoms with Crippen LogP contribution in [0.1, 0.15) is 84.6 Å². The van der Waals surface area contributed by atoms with E-state index in [9.17, 15) is 13.2 Å². The largest absolute Gasteiger partial charge is 0.418 e. The molecule has 0 radical (unpaired) electrons. The van der Waals surface area contributed by atoms with Gasteiger partial charge in [-0.05, 0) is 75.6 Å². The minimum atomic E-state index is -4.40. The molecule has 2 fully saturated rings. The molecule has 1 N–H and O–H groups in total. The van der Waals surface area contributed by atoms with Crippen LogP contribution in [0.2, 0.25) is 0 Å². The van der Waals surface area contributed by atoms with E-state index >= 15 is 0 Å². The standard InChI is InChI=1S/C25H36F3N3/c1-5-9-19(4)29-23(18(2)3)30-20-10-11-22(21(16-20)25(26,27)28)31-15-14-24(17-31)12-7-6-8-13-24/h10-11,16,30H,5-9,12-15,17H2,1-4H3/b29-19-. The molecule has 1 aromatic carbocycles. The lowest BCUT2D eigenvalue weighted by molar-refractivity contribution is -0.137. The highest BCUT2D eigenvalue weighted by Crippen LogP contribution is 2.47. The molecule has 0 amide bonds. The van der Waals surface area contributed by atoms with Gasteiger partial charge < -0.3 is 10.2 Å². The second kappa shape index (κ2) is 9.66. The average Bonchev–Trinajstić information content (AvgIpc) is 3.10. The Morgan fingerprint density at radius 3 is 2.42 bits per heavy atom. The summed E-state index contributed by atoms with van der Waals surface area (Å²) in [5.41, 5.74) is 2.28. The molecule has 6 heteroatoms. The summed E-state index contributed by atoms with van der Waals surface area (Å²) < 4.78 is 42.1.